The second-order valence-corrected chi connectivity index (χ2v) is 6.37. The van der Waals surface area contributed by atoms with Gasteiger partial charge >= 0.3 is 59.1 Å². The number of fused-ring (bicyclic) bond motifs is 2. The Morgan fingerprint density at radius 2 is 0.893 bits per heavy atom. The van der Waals surface area contributed by atoms with Crippen LogP contribution in [0.25, 0.3) is 21.5 Å². The van der Waals surface area contributed by atoms with E-state index in [1.807, 2.05) is 0 Å². The molecule has 28 heavy (non-hydrogen) atoms. The van der Waals surface area contributed by atoms with Gasteiger partial charge in [-0.15, -0.1) is 0 Å². The molecule has 7 heteroatoms. The fourth-order valence-electron chi connectivity index (χ4n) is 2.52. The van der Waals surface area contributed by atoms with Crippen molar-refractivity contribution in [1.29, 1.82) is 0 Å². The number of hydrogen-bond acceptors (Lipinski definition) is 4. The van der Waals surface area contributed by atoms with E-state index < -0.39 is 10.4 Å². The first-order valence-corrected chi connectivity index (χ1v) is 9.23. The average Bonchev–Trinajstić information content (AvgIpc) is 2.62. The predicted octanol–water partition coefficient (Wildman–Crippen LogP) is -1.34. The predicted molar refractivity (Wildman–Crippen MR) is 103 cm³/mol. The molecule has 0 amide bonds. The Balaban J connectivity index is 0.000000403. The van der Waals surface area contributed by atoms with Crippen LogP contribution >= 0.6 is 0 Å². The molecular formula is C21H18Na2O4S. The van der Waals surface area contributed by atoms with Crippen molar-refractivity contribution in [2.75, 3.05) is 0 Å². The molecule has 0 aliphatic carbocycles. The van der Waals surface area contributed by atoms with Crippen molar-refractivity contribution < 1.29 is 76.6 Å². The molecule has 4 aromatic rings. The zero-order chi connectivity index (χ0) is 19.0. The topological polar surface area (TPSA) is 80.3 Å². The summed E-state index contributed by atoms with van der Waals surface area (Å²) in [5.74, 6) is 0. The molecular weight excluding hydrogens is 394 g/mol. The number of aryl methyl sites for hydroxylation is 1. The number of rotatable bonds is 0. The van der Waals surface area contributed by atoms with E-state index >= 15 is 0 Å². The molecule has 0 aliphatic rings. The van der Waals surface area contributed by atoms with Crippen molar-refractivity contribution >= 4 is 31.9 Å². The summed E-state index contributed by atoms with van der Waals surface area (Å²) < 4.78 is 34.1. The van der Waals surface area contributed by atoms with Crippen molar-refractivity contribution in [1.82, 2.24) is 0 Å². The summed E-state index contributed by atoms with van der Waals surface area (Å²) in [6.07, 6.45) is 0. The van der Waals surface area contributed by atoms with Gasteiger partial charge in [-0.25, -0.2) is 0 Å². The van der Waals surface area contributed by atoms with Crippen molar-refractivity contribution in [3.8, 4) is 0 Å². The van der Waals surface area contributed by atoms with Crippen LogP contribution in [0.2, 0.25) is 0 Å². The molecule has 0 heterocycles. The van der Waals surface area contributed by atoms with Crippen LogP contribution in [-0.4, -0.2) is 17.5 Å². The summed E-state index contributed by atoms with van der Waals surface area (Å²) in [5.41, 5.74) is 1.35. The fourth-order valence-corrected chi connectivity index (χ4v) is 2.52. The standard InChI is InChI=1S/C11H10.C10H8.2Na.H2O4S/c1-9-5-4-7-10-6-2-3-8-11(9)10;1-2-6-10-8-4-3-7-9(10)5-1;;;1-5(2,3)4/h2-8H,1H3;1-8H;;;(H2,1,2,3,4)/q;;2*+1;/p-2. The Morgan fingerprint density at radius 3 is 1.29 bits per heavy atom. The first-order chi connectivity index (χ1) is 12.3. The molecule has 4 nitrogen and oxygen atoms in total. The van der Waals surface area contributed by atoms with Gasteiger partial charge in [-0.2, -0.15) is 0 Å². The molecule has 0 spiro atoms. The Morgan fingerprint density at radius 1 is 0.571 bits per heavy atom. The van der Waals surface area contributed by atoms with Gasteiger partial charge < -0.3 is 9.11 Å². The van der Waals surface area contributed by atoms with E-state index in [1.54, 1.807) is 0 Å². The maximum atomic E-state index is 8.52. The molecule has 0 aromatic heterocycles. The van der Waals surface area contributed by atoms with Crippen LogP contribution in [0.5, 0.6) is 0 Å². The van der Waals surface area contributed by atoms with Crippen molar-refractivity contribution in [3.05, 3.63) is 96.6 Å². The second-order valence-electron chi connectivity index (χ2n) is 5.55. The number of hydrogen-bond donors (Lipinski definition) is 0. The van der Waals surface area contributed by atoms with E-state index in [2.05, 4.69) is 97.9 Å². The molecule has 0 aliphatic heterocycles. The van der Waals surface area contributed by atoms with E-state index in [9.17, 15) is 0 Å². The summed E-state index contributed by atoms with van der Waals surface area (Å²) in [6.45, 7) is 2.14. The summed E-state index contributed by atoms with van der Waals surface area (Å²) in [5, 5.41) is 5.30. The van der Waals surface area contributed by atoms with Crippen molar-refractivity contribution in [3.63, 3.8) is 0 Å². The molecule has 0 bridgehead atoms. The Kier molecular flexibility index (Phi) is 13.1. The molecule has 134 valence electrons. The minimum atomic E-state index is -5.17. The Bertz CT molecular complexity index is 1020. The molecule has 0 atom stereocenters. The third-order valence-electron chi connectivity index (χ3n) is 3.67. The Hall–Kier alpha value is -0.730. The molecule has 4 aromatic carbocycles. The van der Waals surface area contributed by atoms with Gasteiger partial charge in [-0.3, -0.25) is 8.42 Å². The summed E-state index contributed by atoms with van der Waals surface area (Å²) in [7, 11) is -5.17. The van der Waals surface area contributed by atoms with Crippen LogP contribution in [0, 0.1) is 6.92 Å². The monoisotopic (exact) mass is 412 g/mol. The van der Waals surface area contributed by atoms with Crippen LogP contribution in [0.3, 0.4) is 0 Å². The van der Waals surface area contributed by atoms with E-state index in [0.29, 0.717) is 0 Å². The molecule has 0 unspecified atom stereocenters. The minimum absolute atomic E-state index is 0. The van der Waals surface area contributed by atoms with Crippen LogP contribution in [0.15, 0.2) is 91.0 Å². The molecule has 0 fully saturated rings. The van der Waals surface area contributed by atoms with Gasteiger partial charge in [-0.1, -0.05) is 91.0 Å². The second kappa shape index (κ2) is 13.5. The third-order valence-corrected chi connectivity index (χ3v) is 3.67. The summed E-state index contributed by atoms with van der Waals surface area (Å²) in [4.78, 5) is 0. The first kappa shape index (κ1) is 27.3. The van der Waals surface area contributed by atoms with Gasteiger partial charge in [0.2, 0.25) is 0 Å². The first-order valence-electron chi connectivity index (χ1n) is 7.89. The van der Waals surface area contributed by atoms with Crippen LogP contribution in [0.4, 0.5) is 0 Å². The maximum absolute atomic E-state index is 8.52. The summed E-state index contributed by atoms with van der Waals surface area (Å²) >= 11 is 0. The zero-order valence-electron chi connectivity index (χ0n) is 16.2. The van der Waals surface area contributed by atoms with E-state index in [-0.39, 0.29) is 59.1 Å². The van der Waals surface area contributed by atoms with E-state index in [0.717, 1.165) is 0 Å². The zero-order valence-corrected chi connectivity index (χ0v) is 21.0. The van der Waals surface area contributed by atoms with Gasteiger partial charge in [0.1, 0.15) is 0 Å². The van der Waals surface area contributed by atoms with Crippen molar-refractivity contribution in [2.24, 2.45) is 0 Å². The average molecular weight is 412 g/mol. The Labute approximate surface area is 210 Å². The van der Waals surface area contributed by atoms with Gasteiger partial charge in [0.25, 0.3) is 0 Å². The van der Waals surface area contributed by atoms with Gasteiger partial charge in [0, 0.05) is 10.4 Å². The SMILES string of the molecule is Cc1cccc2ccccc12.O=S(=O)([O-])[O-].[Na+].[Na+].c1ccc2ccccc2c1. The van der Waals surface area contributed by atoms with Crippen LogP contribution < -0.4 is 59.1 Å². The normalized spacial score (nSPS) is 9.68. The molecule has 0 N–H and O–H groups in total. The third kappa shape index (κ3) is 10.2. The molecule has 0 saturated carbocycles. The van der Waals surface area contributed by atoms with Crippen LogP contribution in [-0.2, 0) is 10.4 Å². The smallest absolute Gasteiger partial charge is 0.759 e. The van der Waals surface area contributed by atoms with Gasteiger partial charge in [0.05, 0.1) is 0 Å². The largest absolute Gasteiger partial charge is 1.00 e. The van der Waals surface area contributed by atoms with E-state index in [4.69, 9.17) is 17.5 Å². The molecule has 4 rings (SSSR count). The van der Waals surface area contributed by atoms with Gasteiger partial charge in [0.15, 0.2) is 0 Å². The molecule has 0 radical (unpaired) electrons. The minimum Gasteiger partial charge on any atom is -0.759 e. The van der Waals surface area contributed by atoms with Gasteiger partial charge in [-0.05, 0) is 34.0 Å². The van der Waals surface area contributed by atoms with Crippen molar-refractivity contribution in [2.45, 2.75) is 6.92 Å². The maximum Gasteiger partial charge on any atom is 1.00 e. The molecule has 0 saturated heterocycles. The van der Waals surface area contributed by atoms with Crippen LogP contribution in [0.1, 0.15) is 5.56 Å². The number of benzene rings is 4. The fraction of sp³-hybridized carbons (Fsp3) is 0.0476. The quantitative estimate of drug-likeness (QED) is 0.203. The summed E-state index contributed by atoms with van der Waals surface area (Å²) in [6, 6.07) is 31.5. The van der Waals surface area contributed by atoms with E-state index in [1.165, 1.54) is 27.1 Å².